The van der Waals surface area contributed by atoms with Crippen LogP contribution in [-0.2, 0) is 19.3 Å². The maximum Gasteiger partial charge on any atom is 0.410 e. The average Bonchev–Trinajstić information content (AvgIpc) is 3.73. The number of aromatic nitrogens is 2. The zero-order valence-corrected chi connectivity index (χ0v) is 22.4. The van der Waals surface area contributed by atoms with Gasteiger partial charge in [0.2, 0.25) is 5.75 Å². The first-order chi connectivity index (χ1) is 18.8. The number of halogens is 1. The lowest BCUT2D eigenvalue weighted by atomic mass is 9.92. The predicted molar refractivity (Wildman–Crippen MR) is 136 cm³/mol. The highest BCUT2D eigenvalue weighted by Gasteiger charge is 2.44. The first-order valence-electron chi connectivity index (χ1n) is 13.3. The number of benzene rings is 1. The van der Waals surface area contributed by atoms with Crippen LogP contribution in [0, 0.1) is 5.82 Å². The molecule has 1 amide bonds. The van der Waals surface area contributed by atoms with E-state index in [0.717, 1.165) is 25.3 Å². The number of hydrogen-bond acceptors (Lipinski definition) is 10. The van der Waals surface area contributed by atoms with Crippen molar-refractivity contribution in [2.75, 3.05) is 25.6 Å². The van der Waals surface area contributed by atoms with Gasteiger partial charge in [-0.15, -0.1) is 0 Å². The summed E-state index contributed by atoms with van der Waals surface area (Å²) in [5, 5.41) is 2.44. The molecule has 2 atom stereocenters. The Morgan fingerprint density at radius 1 is 1.10 bits per heavy atom. The van der Waals surface area contributed by atoms with Crippen LogP contribution >= 0.6 is 0 Å². The van der Waals surface area contributed by atoms with E-state index >= 15 is 0 Å². The summed E-state index contributed by atoms with van der Waals surface area (Å²) in [5.74, 6) is -0.198. The van der Waals surface area contributed by atoms with Crippen molar-refractivity contribution in [2.24, 2.45) is 0 Å². The first kappa shape index (κ1) is 26.1. The smallest absolute Gasteiger partial charge is 0.410 e. The van der Waals surface area contributed by atoms with Gasteiger partial charge in [0.05, 0.1) is 48.2 Å². The minimum atomic E-state index is -3.51. The first-order valence-corrected chi connectivity index (χ1v) is 14.8. The Morgan fingerprint density at radius 2 is 1.85 bits per heavy atom. The van der Waals surface area contributed by atoms with Crippen molar-refractivity contribution in [3.05, 3.63) is 30.3 Å². The number of amides is 1. The van der Waals surface area contributed by atoms with Crippen LogP contribution in [-0.4, -0.2) is 79.2 Å². The molecule has 39 heavy (non-hydrogen) atoms. The van der Waals surface area contributed by atoms with Crippen LogP contribution in [0.2, 0.25) is 0 Å². The van der Waals surface area contributed by atoms with Gasteiger partial charge in [0.15, 0.2) is 15.7 Å². The molecule has 0 spiro atoms. The summed E-state index contributed by atoms with van der Waals surface area (Å²) < 4.78 is 63.0. The van der Waals surface area contributed by atoms with E-state index in [1.54, 1.807) is 4.90 Å². The Labute approximate surface area is 225 Å². The Kier molecular flexibility index (Phi) is 6.96. The second kappa shape index (κ2) is 10.4. The number of carbonyl (C=O) groups is 1. The number of carbonyl (C=O) groups excluding carboxylic acids is 1. The number of rotatable bonds is 8. The number of nitrogens with zero attached hydrogens (tertiary/aromatic N) is 3. The SMILES string of the molecule is COc1c(Nc2ccc(S(=O)(=O)C3CC3)cc2F)ncnc1OC1CC2COCC(C1)N2C(=O)OC1CCC1. The molecule has 2 unspecified atom stereocenters. The minimum absolute atomic E-state index is 0.00737. The van der Waals surface area contributed by atoms with Crippen LogP contribution in [0.15, 0.2) is 29.4 Å². The molecular weight excluding hydrogens is 531 g/mol. The number of morpholine rings is 1. The van der Waals surface area contributed by atoms with Gasteiger partial charge < -0.3 is 24.3 Å². The van der Waals surface area contributed by atoms with Crippen LogP contribution < -0.4 is 14.8 Å². The molecule has 2 saturated carbocycles. The normalized spacial score (nSPS) is 25.0. The molecule has 1 N–H and O–H groups in total. The van der Waals surface area contributed by atoms with Crippen LogP contribution in [0.4, 0.5) is 20.7 Å². The molecule has 3 heterocycles. The van der Waals surface area contributed by atoms with Crippen molar-refractivity contribution in [2.45, 2.75) is 79.4 Å². The van der Waals surface area contributed by atoms with Crippen molar-refractivity contribution < 1.29 is 36.6 Å². The van der Waals surface area contributed by atoms with E-state index in [9.17, 15) is 17.6 Å². The summed E-state index contributed by atoms with van der Waals surface area (Å²) in [6, 6.07) is 3.41. The van der Waals surface area contributed by atoms with Gasteiger partial charge in [-0.05, 0) is 50.3 Å². The van der Waals surface area contributed by atoms with Crippen LogP contribution in [0.5, 0.6) is 11.6 Å². The van der Waals surface area contributed by atoms with E-state index in [1.165, 1.54) is 25.6 Å². The molecule has 2 aliphatic heterocycles. The van der Waals surface area contributed by atoms with Gasteiger partial charge in [-0.25, -0.2) is 22.6 Å². The number of hydrogen-bond donors (Lipinski definition) is 1. The number of nitrogens with one attached hydrogen (secondary N) is 1. The molecule has 0 radical (unpaired) electrons. The lowest BCUT2D eigenvalue weighted by Gasteiger charge is -2.47. The highest BCUT2D eigenvalue weighted by molar-refractivity contribution is 7.92. The largest absolute Gasteiger partial charge is 0.489 e. The molecule has 2 aliphatic carbocycles. The summed E-state index contributed by atoms with van der Waals surface area (Å²) >= 11 is 0. The molecule has 4 fully saturated rings. The minimum Gasteiger partial charge on any atom is -0.489 e. The Morgan fingerprint density at radius 3 is 2.46 bits per heavy atom. The van der Waals surface area contributed by atoms with Crippen molar-refractivity contribution >= 4 is 27.4 Å². The number of methoxy groups -OCH3 is 1. The fourth-order valence-electron chi connectivity index (χ4n) is 5.30. The van der Waals surface area contributed by atoms with E-state index in [1.807, 2.05) is 0 Å². The fraction of sp³-hybridized carbons (Fsp3) is 0.577. The number of piperidine rings is 1. The Bertz CT molecular complexity index is 1340. The molecule has 2 bridgehead atoms. The Balaban J connectivity index is 1.16. The molecule has 210 valence electrons. The molecule has 11 nitrogen and oxygen atoms in total. The van der Waals surface area contributed by atoms with Crippen molar-refractivity contribution in [1.82, 2.24) is 14.9 Å². The number of anilines is 2. The predicted octanol–water partition coefficient (Wildman–Crippen LogP) is 3.60. The fourth-order valence-corrected chi connectivity index (χ4v) is 6.96. The molecule has 13 heteroatoms. The van der Waals surface area contributed by atoms with E-state index in [2.05, 4.69) is 15.3 Å². The highest BCUT2D eigenvalue weighted by atomic mass is 32.2. The number of fused-ring (bicyclic) bond motifs is 2. The lowest BCUT2D eigenvalue weighted by Crippen LogP contribution is -2.61. The standard InChI is InChI=1S/C26H31FN4O7S/c1-35-23-24(30-22-8-7-20(11-21(22)27)39(33,34)19-5-6-19)28-14-29-25(23)37-18-9-15-12-36-13-16(10-18)31(15)26(32)38-17-3-2-4-17/h7-8,11,14-19H,2-6,9-10,12-13H2,1H3,(H,28,29,30). The van der Waals surface area contributed by atoms with E-state index < -0.39 is 20.9 Å². The molecular formula is C26H31FN4O7S. The van der Waals surface area contributed by atoms with Gasteiger partial charge >= 0.3 is 6.09 Å². The summed E-state index contributed by atoms with van der Waals surface area (Å²) in [6.07, 6.45) is 5.89. The summed E-state index contributed by atoms with van der Waals surface area (Å²) in [5.41, 5.74) is 0.0395. The number of ether oxygens (including phenoxy) is 4. The average molecular weight is 563 g/mol. The highest BCUT2D eigenvalue weighted by Crippen LogP contribution is 2.39. The zero-order valence-electron chi connectivity index (χ0n) is 21.5. The van der Waals surface area contributed by atoms with Crippen molar-refractivity contribution in [3.8, 4) is 11.6 Å². The van der Waals surface area contributed by atoms with Gasteiger partial charge in [-0.1, -0.05) is 0 Å². The molecule has 1 aromatic carbocycles. The maximum absolute atomic E-state index is 14.9. The quantitative estimate of drug-likeness (QED) is 0.509. The third-order valence-electron chi connectivity index (χ3n) is 7.75. The maximum atomic E-state index is 14.9. The summed E-state index contributed by atoms with van der Waals surface area (Å²) in [7, 11) is -2.08. The second-order valence-corrected chi connectivity index (χ2v) is 12.7. The van der Waals surface area contributed by atoms with Gasteiger partial charge in [0.1, 0.15) is 24.4 Å². The van der Waals surface area contributed by atoms with Gasteiger partial charge in [0, 0.05) is 12.8 Å². The van der Waals surface area contributed by atoms with Crippen molar-refractivity contribution in [1.29, 1.82) is 0 Å². The van der Waals surface area contributed by atoms with Gasteiger partial charge in [-0.3, -0.25) is 4.90 Å². The van der Waals surface area contributed by atoms with E-state index in [-0.39, 0.29) is 58.4 Å². The van der Waals surface area contributed by atoms with Crippen molar-refractivity contribution in [3.63, 3.8) is 0 Å². The van der Waals surface area contributed by atoms with Crippen LogP contribution in [0.3, 0.4) is 0 Å². The number of sulfone groups is 1. The second-order valence-electron chi connectivity index (χ2n) is 10.5. The third-order valence-corrected chi connectivity index (χ3v) is 10.0. The molecule has 4 aliphatic rings. The van der Waals surface area contributed by atoms with E-state index in [4.69, 9.17) is 18.9 Å². The van der Waals surface area contributed by atoms with E-state index in [0.29, 0.717) is 38.9 Å². The Hall–Kier alpha value is -3.19. The molecule has 1 aromatic heterocycles. The van der Waals surface area contributed by atoms with Crippen LogP contribution in [0.25, 0.3) is 0 Å². The topological polar surface area (TPSA) is 129 Å². The monoisotopic (exact) mass is 562 g/mol. The van der Waals surface area contributed by atoms with Crippen LogP contribution in [0.1, 0.15) is 44.9 Å². The molecule has 6 rings (SSSR count). The van der Waals surface area contributed by atoms with Gasteiger partial charge in [-0.2, -0.15) is 4.98 Å². The third kappa shape index (κ3) is 5.21. The summed E-state index contributed by atoms with van der Waals surface area (Å²) in [6.45, 7) is 0.797. The zero-order chi connectivity index (χ0) is 27.1. The lowest BCUT2D eigenvalue weighted by molar-refractivity contribution is -0.0985. The van der Waals surface area contributed by atoms with Gasteiger partial charge in [0.25, 0.3) is 5.88 Å². The molecule has 2 saturated heterocycles. The molecule has 2 aromatic rings. The summed E-state index contributed by atoms with van der Waals surface area (Å²) in [4.78, 5) is 23.0.